The van der Waals surface area contributed by atoms with Crippen molar-refractivity contribution in [3.8, 4) is 22.1 Å². The van der Waals surface area contributed by atoms with Crippen molar-refractivity contribution in [2.24, 2.45) is 5.84 Å². The number of hydrazine groups is 1. The molecule has 0 aliphatic rings. The first-order valence-electron chi connectivity index (χ1n) is 6.80. The van der Waals surface area contributed by atoms with Gasteiger partial charge in [-0.3, -0.25) is 10.2 Å². The van der Waals surface area contributed by atoms with Gasteiger partial charge in [0.05, 0.1) is 18.9 Å². The highest BCUT2D eigenvalue weighted by atomic mass is 32.1. The maximum Gasteiger partial charge on any atom is 0.274 e. The topological polar surface area (TPSA) is 86.5 Å². The molecule has 0 aliphatic carbocycles. The summed E-state index contributed by atoms with van der Waals surface area (Å²) in [4.78, 5) is 15.9. The van der Waals surface area contributed by atoms with Crippen LogP contribution in [0.15, 0.2) is 36.4 Å². The molecule has 0 radical (unpaired) electrons. The first kappa shape index (κ1) is 15.3. The number of rotatable bonds is 4. The Balaban J connectivity index is 2.07. The number of hydrogen-bond donors (Lipinski definition) is 2. The number of carbonyl (C=O) groups is 1. The van der Waals surface area contributed by atoms with Crippen LogP contribution in [0.1, 0.15) is 10.4 Å². The number of nitrogens with two attached hydrogens (primary N) is 1. The van der Waals surface area contributed by atoms with Gasteiger partial charge >= 0.3 is 0 Å². The Morgan fingerprint density at radius 1 is 1.13 bits per heavy atom. The number of amides is 1. The number of ether oxygens (including phenoxy) is 2. The van der Waals surface area contributed by atoms with Gasteiger partial charge in [-0.1, -0.05) is 23.5 Å². The lowest BCUT2D eigenvalue weighted by molar-refractivity contribution is 0.0953. The lowest BCUT2D eigenvalue weighted by atomic mass is 10.0. The summed E-state index contributed by atoms with van der Waals surface area (Å²) >= 11 is 1.45. The Morgan fingerprint density at radius 2 is 1.87 bits per heavy atom. The lowest BCUT2D eigenvalue weighted by Crippen LogP contribution is -2.29. The quantitative estimate of drug-likeness (QED) is 0.436. The van der Waals surface area contributed by atoms with Gasteiger partial charge in [-0.15, -0.1) is 0 Å². The molecule has 2 aromatic carbocycles. The van der Waals surface area contributed by atoms with Crippen molar-refractivity contribution in [3.05, 3.63) is 42.0 Å². The molecular formula is C16H15N3O3S. The molecule has 0 fully saturated rings. The lowest BCUT2D eigenvalue weighted by Gasteiger charge is -2.07. The number of methoxy groups -OCH3 is 2. The highest BCUT2D eigenvalue weighted by molar-refractivity contribution is 7.20. The molecule has 0 bridgehead atoms. The van der Waals surface area contributed by atoms with Crippen LogP contribution in [0.5, 0.6) is 10.9 Å². The number of carbonyl (C=O) groups excluding carboxylic acids is 1. The Labute approximate surface area is 136 Å². The zero-order chi connectivity index (χ0) is 16.4. The van der Waals surface area contributed by atoms with E-state index in [0.29, 0.717) is 16.5 Å². The summed E-state index contributed by atoms with van der Waals surface area (Å²) in [7, 11) is 3.20. The van der Waals surface area contributed by atoms with Crippen LogP contribution in [-0.4, -0.2) is 25.1 Å². The number of benzene rings is 2. The van der Waals surface area contributed by atoms with E-state index in [4.69, 9.17) is 15.3 Å². The average Bonchev–Trinajstić information content (AvgIpc) is 3.03. The smallest absolute Gasteiger partial charge is 0.274 e. The number of thiazole rings is 1. The molecule has 0 saturated carbocycles. The van der Waals surface area contributed by atoms with E-state index in [2.05, 4.69) is 10.4 Å². The highest BCUT2D eigenvalue weighted by Gasteiger charge is 2.12. The molecule has 3 N–H and O–H groups in total. The van der Waals surface area contributed by atoms with Crippen molar-refractivity contribution in [2.75, 3.05) is 14.2 Å². The zero-order valence-electron chi connectivity index (χ0n) is 12.6. The van der Waals surface area contributed by atoms with Crippen LogP contribution in [0.2, 0.25) is 0 Å². The molecule has 0 saturated heterocycles. The minimum absolute atomic E-state index is 0.322. The van der Waals surface area contributed by atoms with E-state index in [-0.39, 0.29) is 5.91 Å². The molecule has 0 atom stereocenters. The van der Waals surface area contributed by atoms with Gasteiger partial charge in [-0.05, 0) is 35.4 Å². The number of aromatic nitrogens is 1. The third-order valence-electron chi connectivity index (χ3n) is 3.45. The number of nitrogens with zero attached hydrogens (tertiary/aromatic N) is 1. The van der Waals surface area contributed by atoms with E-state index < -0.39 is 0 Å². The fourth-order valence-corrected chi connectivity index (χ4v) is 3.12. The average molecular weight is 329 g/mol. The zero-order valence-corrected chi connectivity index (χ0v) is 13.4. The van der Waals surface area contributed by atoms with Gasteiger partial charge in [0.1, 0.15) is 11.3 Å². The maximum absolute atomic E-state index is 11.5. The largest absolute Gasteiger partial charge is 0.494 e. The van der Waals surface area contributed by atoms with Crippen LogP contribution in [0.25, 0.3) is 21.3 Å². The number of nitrogen functional groups attached to an aromatic ring is 1. The molecule has 3 aromatic rings. The molecule has 7 heteroatoms. The second-order valence-corrected chi connectivity index (χ2v) is 5.75. The van der Waals surface area contributed by atoms with Crippen LogP contribution in [0, 0.1) is 0 Å². The molecule has 0 spiro atoms. The van der Waals surface area contributed by atoms with Crippen molar-refractivity contribution in [1.29, 1.82) is 0 Å². The standard InChI is InChI=1S/C16H15N3O3S/c1-21-12-7-11(8-13-14(12)18-16(22-2)23-13)9-3-5-10(6-4-9)15(20)19-17/h3-8H,17H2,1-2H3,(H,19,20). The first-order chi connectivity index (χ1) is 11.2. The van der Waals surface area contributed by atoms with Crippen LogP contribution >= 0.6 is 11.3 Å². The second kappa shape index (κ2) is 6.23. The van der Waals surface area contributed by atoms with Crippen LogP contribution in [0.3, 0.4) is 0 Å². The first-order valence-corrected chi connectivity index (χ1v) is 7.62. The minimum Gasteiger partial charge on any atom is -0.494 e. The minimum atomic E-state index is -0.322. The van der Waals surface area contributed by atoms with Gasteiger partial charge in [0.2, 0.25) is 0 Å². The second-order valence-electron chi connectivity index (χ2n) is 4.76. The van der Waals surface area contributed by atoms with E-state index in [1.54, 1.807) is 26.4 Å². The summed E-state index contributed by atoms with van der Waals surface area (Å²) in [6.45, 7) is 0. The fraction of sp³-hybridized carbons (Fsp3) is 0.125. The van der Waals surface area contributed by atoms with Crippen molar-refractivity contribution in [2.45, 2.75) is 0 Å². The third-order valence-corrected chi connectivity index (χ3v) is 4.41. The van der Waals surface area contributed by atoms with Gasteiger partial charge < -0.3 is 9.47 Å². The van der Waals surface area contributed by atoms with E-state index in [0.717, 1.165) is 21.3 Å². The third kappa shape index (κ3) is 2.84. The number of fused-ring (bicyclic) bond motifs is 1. The fourth-order valence-electron chi connectivity index (χ4n) is 2.29. The van der Waals surface area contributed by atoms with Gasteiger partial charge in [0.25, 0.3) is 11.1 Å². The predicted molar refractivity (Wildman–Crippen MR) is 89.8 cm³/mol. The summed E-state index contributed by atoms with van der Waals surface area (Å²) in [5, 5.41) is 0.588. The molecule has 0 aliphatic heterocycles. The molecule has 1 aromatic heterocycles. The van der Waals surface area contributed by atoms with Gasteiger partial charge in [-0.2, -0.15) is 4.98 Å². The Hall–Kier alpha value is -2.64. The molecule has 3 rings (SSSR count). The van der Waals surface area contributed by atoms with E-state index >= 15 is 0 Å². The summed E-state index contributed by atoms with van der Waals surface area (Å²) in [6, 6.07) is 11.1. The molecule has 6 nitrogen and oxygen atoms in total. The SMILES string of the molecule is COc1nc2c(OC)cc(-c3ccc(C(=O)NN)cc3)cc2s1. The van der Waals surface area contributed by atoms with Crippen molar-refractivity contribution in [1.82, 2.24) is 10.4 Å². The predicted octanol–water partition coefficient (Wildman–Crippen LogP) is 2.58. The molecular weight excluding hydrogens is 314 g/mol. The van der Waals surface area contributed by atoms with Crippen LogP contribution in [-0.2, 0) is 0 Å². The van der Waals surface area contributed by atoms with Crippen molar-refractivity contribution in [3.63, 3.8) is 0 Å². The maximum atomic E-state index is 11.5. The molecule has 1 amide bonds. The highest BCUT2D eigenvalue weighted by Crippen LogP contribution is 2.37. The summed E-state index contributed by atoms with van der Waals surface area (Å²) in [5.74, 6) is 5.49. The molecule has 0 unspecified atom stereocenters. The number of nitrogens with one attached hydrogen (secondary N) is 1. The van der Waals surface area contributed by atoms with E-state index in [1.807, 2.05) is 24.3 Å². The monoisotopic (exact) mass is 329 g/mol. The van der Waals surface area contributed by atoms with Crippen molar-refractivity contribution >= 4 is 27.5 Å². The van der Waals surface area contributed by atoms with Crippen molar-refractivity contribution < 1.29 is 14.3 Å². The summed E-state index contributed by atoms with van der Waals surface area (Å²) in [6.07, 6.45) is 0. The van der Waals surface area contributed by atoms with E-state index in [9.17, 15) is 4.79 Å². The van der Waals surface area contributed by atoms with Gasteiger partial charge in [0.15, 0.2) is 0 Å². The van der Waals surface area contributed by atoms with Crippen LogP contribution in [0.4, 0.5) is 0 Å². The van der Waals surface area contributed by atoms with E-state index in [1.165, 1.54) is 11.3 Å². The van der Waals surface area contributed by atoms with Gasteiger partial charge in [-0.25, -0.2) is 5.84 Å². The summed E-state index contributed by atoms with van der Waals surface area (Å²) < 4.78 is 11.6. The Kier molecular flexibility index (Phi) is 4.14. The molecule has 23 heavy (non-hydrogen) atoms. The van der Waals surface area contributed by atoms with Crippen LogP contribution < -0.4 is 20.7 Å². The molecule has 1 heterocycles. The van der Waals surface area contributed by atoms with Gasteiger partial charge in [0, 0.05) is 5.56 Å². The summed E-state index contributed by atoms with van der Waals surface area (Å²) in [5.41, 5.74) is 5.33. The number of hydrogen-bond acceptors (Lipinski definition) is 6. The molecule has 118 valence electrons. The Morgan fingerprint density at radius 3 is 2.48 bits per heavy atom. The Bertz CT molecular complexity index is 859. The normalized spacial score (nSPS) is 10.6.